The van der Waals surface area contributed by atoms with Crippen molar-refractivity contribution in [1.29, 1.82) is 0 Å². The van der Waals surface area contributed by atoms with Crippen LogP contribution in [0.4, 0.5) is 0 Å². The maximum absolute atomic E-state index is 11.5. The molecule has 0 aromatic rings. The van der Waals surface area contributed by atoms with Gasteiger partial charge in [0.25, 0.3) is 0 Å². The predicted octanol–water partition coefficient (Wildman–Crippen LogP) is 4.25. The van der Waals surface area contributed by atoms with Gasteiger partial charge in [-0.25, -0.2) is 0 Å². The van der Waals surface area contributed by atoms with E-state index >= 15 is 0 Å². The van der Waals surface area contributed by atoms with Crippen molar-refractivity contribution in [1.82, 2.24) is 0 Å². The van der Waals surface area contributed by atoms with Gasteiger partial charge in [0.05, 0.1) is 5.60 Å². The molecular formula is C18H35NO. The highest BCUT2D eigenvalue weighted by molar-refractivity contribution is 5.01. The highest BCUT2D eigenvalue weighted by atomic mass is 16.3. The number of hydrogen-bond donors (Lipinski definition) is 2. The van der Waals surface area contributed by atoms with Crippen molar-refractivity contribution in [2.24, 2.45) is 23.0 Å². The van der Waals surface area contributed by atoms with Gasteiger partial charge in [0.1, 0.15) is 0 Å². The number of aliphatic hydroxyl groups is 1. The summed E-state index contributed by atoms with van der Waals surface area (Å²) in [5, 5.41) is 11.5. The summed E-state index contributed by atoms with van der Waals surface area (Å²) in [6.07, 6.45) is 13.1. The lowest BCUT2D eigenvalue weighted by Crippen LogP contribution is -2.52. The van der Waals surface area contributed by atoms with E-state index in [1.807, 2.05) is 0 Å². The number of hydrogen-bond acceptors (Lipinski definition) is 2. The van der Waals surface area contributed by atoms with Crippen molar-refractivity contribution in [2.45, 2.75) is 90.1 Å². The Kier molecular flexibility index (Phi) is 5.53. The largest absolute Gasteiger partial charge is 0.389 e. The summed E-state index contributed by atoms with van der Waals surface area (Å²) < 4.78 is 0. The van der Waals surface area contributed by atoms with Crippen molar-refractivity contribution in [3.63, 3.8) is 0 Å². The van der Waals surface area contributed by atoms with Gasteiger partial charge in [-0.05, 0) is 43.9 Å². The molecule has 0 aromatic carbocycles. The Morgan fingerprint density at radius 1 is 0.950 bits per heavy atom. The molecule has 2 atom stereocenters. The fourth-order valence-electron chi connectivity index (χ4n) is 4.81. The van der Waals surface area contributed by atoms with Crippen molar-refractivity contribution < 1.29 is 5.11 Å². The first kappa shape index (κ1) is 16.3. The minimum Gasteiger partial charge on any atom is -0.389 e. The number of nitrogens with two attached hydrogens (primary N) is 1. The van der Waals surface area contributed by atoms with E-state index in [9.17, 15) is 5.11 Å². The van der Waals surface area contributed by atoms with Gasteiger partial charge in [0.15, 0.2) is 0 Å². The van der Waals surface area contributed by atoms with Crippen LogP contribution in [0.25, 0.3) is 0 Å². The zero-order valence-corrected chi connectivity index (χ0v) is 13.7. The molecule has 2 fully saturated rings. The maximum Gasteiger partial charge on any atom is 0.0715 e. The molecule has 118 valence electrons. The molecule has 2 aliphatic carbocycles. The molecule has 0 heterocycles. The summed E-state index contributed by atoms with van der Waals surface area (Å²) >= 11 is 0. The summed E-state index contributed by atoms with van der Waals surface area (Å²) in [5.74, 6) is 1.55. The van der Waals surface area contributed by atoms with Crippen LogP contribution in [0.3, 0.4) is 0 Å². The summed E-state index contributed by atoms with van der Waals surface area (Å²) in [6, 6.07) is 0. The maximum atomic E-state index is 11.5. The van der Waals surface area contributed by atoms with E-state index in [0.29, 0.717) is 6.54 Å². The van der Waals surface area contributed by atoms with Gasteiger partial charge in [0, 0.05) is 12.0 Å². The Morgan fingerprint density at radius 2 is 1.60 bits per heavy atom. The van der Waals surface area contributed by atoms with Gasteiger partial charge in [-0.3, -0.25) is 0 Å². The van der Waals surface area contributed by atoms with Crippen LogP contribution in [-0.2, 0) is 0 Å². The van der Waals surface area contributed by atoms with Crippen molar-refractivity contribution >= 4 is 0 Å². The van der Waals surface area contributed by atoms with Crippen LogP contribution in [0, 0.1) is 17.3 Å². The smallest absolute Gasteiger partial charge is 0.0715 e. The van der Waals surface area contributed by atoms with Crippen LogP contribution < -0.4 is 5.73 Å². The molecule has 2 saturated carbocycles. The van der Waals surface area contributed by atoms with E-state index in [1.165, 1.54) is 44.9 Å². The van der Waals surface area contributed by atoms with Crippen LogP contribution in [0.15, 0.2) is 0 Å². The van der Waals surface area contributed by atoms with Crippen LogP contribution in [0.2, 0.25) is 0 Å². The first-order valence-electron chi connectivity index (χ1n) is 8.95. The first-order valence-corrected chi connectivity index (χ1v) is 8.95. The Bertz CT molecular complexity index is 294. The Balaban J connectivity index is 2.14. The molecule has 2 aliphatic rings. The second-order valence-electron chi connectivity index (χ2n) is 7.87. The Hall–Kier alpha value is -0.0800. The lowest BCUT2D eigenvalue weighted by atomic mass is 9.63. The average molecular weight is 281 g/mol. The summed E-state index contributed by atoms with van der Waals surface area (Å²) in [7, 11) is 0. The quantitative estimate of drug-likeness (QED) is 0.760. The molecule has 0 aliphatic heterocycles. The van der Waals surface area contributed by atoms with Crippen LogP contribution in [0.5, 0.6) is 0 Å². The molecule has 2 rings (SSSR count). The van der Waals surface area contributed by atoms with Gasteiger partial charge in [-0.2, -0.15) is 0 Å². The summed E-state index contributed by atoms with van der Waals surface area (Å²) in [5.41, 5.74) is 5.73. The van der Waals surface area contributed by atoms with E-state index < -0.39 is 5.60 Å². The SMILES string of the molecule is CC(C)C1CCCC(O)(C2(CN)CCCCCC2)CC1. The second kappa shape index (κ2) is 6.79. The third-order valence-corrected chi connectivity index (χ3v) is 6.48. The molecule has 20 heavy (non-hydrogen) atoms. The predicted molar refractivity (Wildman–Crippen MR) is 85.6 cm³/mol. The molecule has 0 amide bonds. The lowest BCUT2D eigenvalue weighted by molar-refractivity contribution is -0.101. The summed E-state index contributed by atoms with van der Waals surface area (Å²) in [6.45, 7) is 5.34. The van der Waals surface area contributed by atoms with Crippen molar-refractivity contribution in [3.05, 3.63) is 0 Å². The van der Waals surface area contributed by atoms with Crippen molar-refractivity contribution in [3.8, 4) is 0 Å². The normalized spacial score (nSPS) is 35.5. The van der Waals surface area contributed by atoms with Gasteiger partial charge < -0.3 is 10.8 Å². The molecule has 0 aromatic heterocycles. The molecule has 3 N–H and O–H groups in total. The number of rotatable bonds is 3. The molecule has 2 heteroatoms. The Morgan fingerprint density at radius 3 is 2.15 bits per heavy atom. The molecular weight excluding hydrogens is 246 g/mol. The van der Waals surface area contributed by atoms with E-state index in [-0.39, 0.29) is 5.41 Å². The minimum atomic E-state index is -0.490. The fraction of sp³-hybridized carbons (Fsp3) is 1.00. The summed E-state index contributed by atoms with van der Waals surface area (Å²) in [4.78, 5) is 0. The second-order valence-corrected chi connectivity index (χ2v) is 7.87. The van der Waals surface area contributed by atoms with E-state index in [2.05, 4.69) is 13.8 Å². The fourth-order valence-corrected chi connectivity index (χ4v) is 4.81. The van der Waals surface area contributed by atoms with Gasteiger partial charge in [-0.1, -0.05) is 52.4 Å². The first-order chi connectivity index (χ1) is 9.53. The molecule has 0 bridgehead atoms. The van der Waals surface area contributed by atoms with Crippen LogP contribution >= 0.6 is 0 Å². The van der Waals surface area contributed by atoms with Crippen LogP contribution in [0.1, 0.15) is 84.5 Å². The highest BCUT2D eigenvalue weighted by Crippen LogP contribution is 2.50. The zero-order chi connectivity index (χ0) is 14.6. The van der Waals surface area contributed by atoms with E-state index in [4.69, 9.17) is 5.73 Å². The average Bonchev–Trinajstić information content (AvgIpc) is 2.78. The van der Waals surface area contributed by atoms with E-state index in [1.54, 1.807) is 0 Å². The standard InChI is InChI=1S/C18H35NO/c1-15(2)16-8-7-12-18(20,13-9-16)17(14-19)10-5-3-4-6-11-17/h15-16,20H,3-14,19H2,1-2H3. The van der Waals surface area contributed by atoms with Crippen LogP contribution in [-0.4, -0.2) is 17.3 Å². The lowest BCUT2D eigenvalue weighted by Gasteiger charge is -2.47. The Labute approximate surface area is 125 Å². The topological polar surface area (TPSA) is 46.2 Å². The van der Waals surface area contributed by atoms with E-state index in [0.717, 1.165) is 37.5 Å². The monoisotopic (exact) mass is 281 g/mol. The van der Waals surface area contributed by atoms with Crippen molar-refractivity contribution in [2.75, 3.05) is 6.54 Å². The van der Waals surface area contributed by atoms with Gasteiger partial charge in [0.2, 0.25) is 0 Å². The van der Waals surface area contributed by atoms with Gasteiger partial charge in [-0.15, -0.1) is 0 Å². The third-order valence-electron chi connectivity index (χ3n) is 6.48. The molecule has 2 unspecified atom stereocenters. The highest BCUT2D eigenvalue weighted by Gasteiger charge is 2.49. The molecule has 2 nitrogen and oxygen atoms in total. The van der Waals surface area contributed by atoms with Gasteiger partial charge >= 0.3 is 0 Å². The molecule has 0 radical (unpaired) electrons. The minimum absolute atomic E-state index is 0.00930. The zero-order valence-electron chi connectivity index (χ0n) is 13.7. The molecule has 0 spiro atoms. The molecule has 0 saturated heterocycles. The third kappa shape index (κ3) is 3.22.